The number of rotatable bonds is 3. The van der Waals surface area contributed by atoms with Gasteiger partial charge in [-0.15, -0.1) is 0 Å². The Morgan fingerprint density at radius 1 is 1.25 bits per heavy atom. The Balaban J connectivity index is 1.55. The molecule has 0 radical (unpaired) electrons. The number of nitrogens with zero attached hydrogens (tertiary/aromatic N) is 3. The van der Waals surface area contributed by atoms with Crippen molar-refractivity contribution in [1.29, 1.82) is 0 Å². The van der Waals surface area contributed by atoms with Crippen LogP contribution in [0.3, 0.4) is 0 Å². The molecule has 0 spiro atoms. The van der Waals surface area contributed by atoms with Crippen LogP contribution in [0.25, 0.3) is 17.0 Å². The molecule has 4 aromatic rings. The van der Waals surface area contributed by atoms with E-state index < -0.39 is 0 Å². The monoisotopic (exact) mass is 382 g/mol. The number of hydrogen-bond donors (Lipinski definition) is 1. The fourth-order valence-corrected chi connectivity index (χ4v) is 2.67. The van der Waals surface area contributed by atoms with Gasteiger partial charge in [0.15, 0.2) is 4.67 Å². The van der Waals surface area contributed by atoms with E-state index in [1.165, 1.54) is 6.26 Å². The third-order valence-corrected chi connectivity index (χ3v) is 3.92. The molecule has 0 aliphatic heterocycles. The minimum absolute atomic E-state index is 0.228. The zero-order valence-corrected chi connectivity index (χ0v) is 13.9. The normalized spacial score (nSPS) is 10.9. The summed E-state index contributed by atoms with van der Waals surface area (Å²) in [5, 5.41) is 2.82. The van der Waals surface area contributed by atoms with Crippen LogP contribution < -0.4 is 5.32 Å². The van der Waals surface area contributed by atoms with Gasteiger partial charge in [0.2, 0.25) is 5.78 Å². The van der Waals surface area contributed by atoms with Gasteiger partial charge in [-0.1, -0.05) is 12.1 Å². The fraction of sp³-hybridized carbons (Fsp3) is 0. The Morgan fingerprint density at radius 3 is 2.79 bits per heavy atom. The van der Waals surface area contributed by atoms with Crippen molar-refractivity contribution in [3.8, 4) is 11.3 Å². The molecule has 1 amide bonds. The number of imidazole rings is 1. The van der Waals surface area contributed by atoms with Crippen molar-refractivity contribution in [3.05, 3.63) is 71.5 Å². The van der Waals surface area contributed by atoms with Gasteiger partial charge in [0, 0.05) is 35.9 Å². The lowest BCUT2D eigenvalue weighted by Gasteiger charge is -2.04. The predicted molar refractivity (Wildman–Crippen MR) is 92.8 cm³/mol. The summed E-state index contributed by atoms with van der Waals surface area (Å²) in [5.41, 5.74) is 2.93. The number of amides is 1. The molecule has 4 rings (SSSR count). The highest BCUT2D eigenvalue weighted by molar-refractivity contribution is 9.10. The molecule has 1 N–H and O–H groups in total. The number of aromatic nitrogens is 3. The van der Waals surface area contributed by atoms with Gasteiger partial charge in [-0.05, 0) is 34.1 Å². The molecule has 118 valence electrons. The van der Waals surface area contributed by atoms with E-state index in [0.717, 1.165) is 11.3 Å². The third-order valence-electron chi connectivity index (χ3n) is 3.50. The summed E-state index contributed by atoms with van der Waals surface area (Å²) in [7, 11) is 0. The molecular formula is C17H11BrN4O2. The largest absolute Gasteiger partial charge is 0.457 e. The minimum Gasteiger partial charge on any atom is -0.457 e. The number of furan rings is 1. The molecule has 0 unspecified atom stereocenters. The Bertz CT molecular complexity index is 987. The molecular weight excluding hydrogens is 372 g/mol. The van der Waals surface area contributed by atoms with Crippen LogP contribution in [0.4, 0.5) is 5.69 Å². The van der Waals surface area contributed by atoms with Crippen LogP contribution in [0.1, 0.15) is 10.4 Å². The van der Waals surface area contributed by atoms with Gasteiger partial charge in [-0.3, -0.25) is 9.20 Å². The first-order valence-electron chi connectivity index (χ1n) is 7.14. The van der Waals surface area contributed by atoms with Gasteiger partial charge >= 0.3 is 0 Å². The second-order valence-corrected chi connectivity index (χ2v) is 5.91. The summed E-state index contributed by atoms with van der Waals surface area (Å²) in [6, 6.07) is 10.9. The van der Waals surface area contributed by atoms with Crippen LogP contribution in [0, 0.1) is 0 Å². The number of fused-ring (bicyclic) bond motifs is 1. The summed E-state index contributed by atoms with van der Waals surface area (Å²) in [5.74, 6) is 0.421. The van der Waals surface area contributed by atoms with E-state index in [0.29, 0.717) is 21.7 Å². The molecule has 0 atom stereocenters. The molecule has 0 aliphatic rings. The molecule has 7 heteroatoms. The molecule has 3 aromatic heterocycles. The van der Waals surface area contributed by atoms with Crippen molar-refractivity contribution in [2.75, 3.05) is 5.32 Å². The molecule has 24 heavy (non-hydrogen) atoms. The van der Waals surface area contributed by atoms with Crippen molar-refractivity contribution >= 4 is 33.3 Å². The van der Waals surface area contributed by atoms with Crippen LogP contribution in [-0.2, 0) is 0 Å². The maximum Gasteiger partial charge on any atom is 0.258 e. The molecule has 0 saturated heterocycles. The molecule has 6 nitrogen and oxygen atoms in total. The zero-order chi connectivity index (χ0) is 16.5. The van der Waals surface area contributed by atoms with Crippen molar-refractivity contribution in [1.82, 2.24) is 14.4 Å². The lowest BCUT2D eigenvalue weighted by atomic mass is 10.1. The van der Waals surface area contributed by atoms with Crippen LogP contribution in [-0.4, -0.2) is 20.3 Å². The molecule has 0 bridgehead atoms. The number of hydrogen-bond acceptors (Lipinski definition) is 4. The van der Waals surface area contributed by atoms with Crippen LogP contribution in [0.2, 0.25) is 0 Å². The minimum atomic E-state index is -0.228. The van der Waals surface area contributed by atoms with Crippen LogP contribution in [0.15, 0.2) is 70.3 Å². The first-order valence-corrected chi connectivity index (χ1v) is 7.94. The van der Waals surface area contributed by atoms with Crippen LogP contribution >= 0.6 is 15.9 Å². The summed E-state index contributed by atoms with van der Waals surface area (Å²) >= 11 is 3.18. The second kappa shape index (κ2) is 5.93. The van der Waals surface area contributed by atoms with E-state index in [4.69, 9.17) is 4.42 Å². The molecule has 1 aromatic carbocycles. The number of nitrogens with one attached hydrogen (secondary N) is 1. The molecule has 3 heterocycles. The average molecular weight is 383 g/mol. The molecule has 0 fully saturated rings. The van der Waals surface area contributed by atoms with Crippen molar-refractivity contribution in [2.24, 2.45) is 0 Å². The summed E-state index contributed by atoms with van der Waals surface area (Å²) < 4.78 is 7.45. The maximum absolute atomic E-state index is 12.1. The van der Waals surface area contributed by atoms with Gasteiger partial charge in [-0.2, -0.15) is 0 Å². The van der Waals surface area contributed by atoms with E-state index in [2.05, 4.69) is 31.2 Å². The highest BCUT2D eigenvalue weighted by atomic mass is 79.9. The quantitative estimate of drug-likeness (QED) is 0.580. The maximum atomic E-state index is 12.1. The lowest BCUT2D eigenvalue weighted by molar-refractivity contribution is 0.102. The summed E-state index contributed by atoms with van der Waals surface area (Å²) in [6.45, 7) is 0. The van der Waals surface area contributed by atoms with Gasteiger partial charge in [0.25, 0.3) is 5.91 Å². The Kier molecular flexibility index (Phi) is 3.62. The van der Waals surface area contributed by atoms with E-state index >= 15 is 0 Å². The SMILES string of the molecule is O=C(Nc1ccc(-c2cn3cccnc3n2)cc1)c1coc(Br)c1. The van der Waals surface area contributed by atoms with Crippen molar-refractivity contribution < 1.29 is 9.21 Å². The van der Waals surface area contributed by atoms with Gasteiger partial charge in [0.05, 0.1) is 11.3 Å². The molecule has 0 aliphatic carbocycles. The van der Waals surface area contributed by atoms with E-state index in [-0.39, 0.29) is 5.91 Å². The highest BCUT2D eigenvalue weighted by Crippen LogP contribution is 2.21. The Morgan fingerprint density at radius 2 is 2.08 bits per heavy atom. The third kappa shape index (κ3) is 2.81. The topological polar surface area (TPSA) is 72.4 Å². The van der Waals surface area contributed by atoms with Crippen molar-refractivity contribution in [2.45, 2.75) is 0 Å². The van der Waals surface area contributed by atoms with Crippen molar-refractivity contribution in [3.63, 3.8) is 0 Å². The number of carbonyl (C=O) groups is 1. The van der Waals surface area contributed by atoms with Crippen LogP contribution in [0.5, 0.6) is 0 Å². The first kappa shape index (κ1) is 14.6. The highest BCUT2D eigenvalue weighted by Gasteiger charge is 2.10. The fourth-order valence-electron chi connectivity index (χ4n) is 2.33. The number of carbonyl (C=O) groups excluding carboxylic acids is 1. The van der Waals surface area contributed by atoms with E-state index in [9.17, 15) is 4.79 Å². The average Bonchev–Trinajstić information content (AvgIpc) is 3.21. The Hall–Kier alpha value is -2.93. The first-order chi connectivity index (χ1) is 11.7. The summed E-state index contributed by atoms with van der Waals surface area (Å²) in [6.07, 6.45) is 6.92. The smallest absolute Gasteiger partial charge is 0.258 e. The summed E-state index contributed by atoms with van der Waals surface area (Å²) in [4.78, 5) is 20.8. The van der Waals surface area contributed by atoms with Gasteiger partial charge in [0.1, 0.15) is 6.26 Å². The lowest BCUT2D eigenvalue weighted by Crippen LogP contribution is -2.10. The number of halogens is 1. The second-order valence-electron chi connectivity index (χ2n) is 5.12. The number of benzene rings is 1. The predicted octanol–water partition coefficient (Wildman–Crippen LogP) is 4.00. The standard InChI is InChI=1S/C17H11BrN4O2/c18-15-8-12(10-24-15)16(23)20-13-4-2-11(3-5-13)14-9-22-7-1-6-19-17(22)21-14/h1-10H,(H,20,23). The number of anilines is 1. The molecule has 0 saturated carbocycles. The Labute approximate surface area is 145 Å². The van der Waals surface area contributed by atoms with E-state index in [1.807, 2.05) is 47.1 Å². The van der Waals surface area contributed by atoms with Gasteiger partial charge in [-0.25, -0.2) is 9.97 Å². The van der Waals surface area contributed by atoms with Gasteiger partial charge < -0.3 is 9.73 Å². The van der Waals surface area contributed by atoms with E-state index in [1.54, 1.807) is 12.3 Å². The zero-order valence-electron chi connectivity index (χ0n) is 12.3.